The average Bonchev–Trinajstić information content (AvgIpc) is 2.55. The molecule has 110 valence electrons. The van der Waals surface area contributed by atoms with Gasteiger partial charge in [-0.05, 0) is 23.3 Å². The second-order valence-corrected chi connectivity index (χ2v) is 4.53. The van der Waals surface area contributed by atoms with Crippen LogP contribution in [0, 0.1) is 0 Å². The molecule has 0 N–H and O–H groups in total. The first-order valence-electron chi connectivity index (χ1n) is 6.88. The average molecular weight is 284 g/mol. The van der Waals surface area contributed by atoms with E-state index in [0.29, 0.717) is 31.3 Å². The molecule has 2 rings (SSSR count). The monoisotopic (exact) mass is 284 g/mol. The van der Waals surface area contributed by atoms with Crippen LogP contribution in [0.4, 0.5) is 0 Å². The topological polar surface area (TPSA) is 27.7 Å². The van der Waals surface area contributed by atoms with E-state index < -0.39 is 0 Å². The summed E-state index contributed by atoms with van der Waals surface area (Å²) in [6.07, 6.45) is 1.79. The molecule has 3 nitrogen and oxygen atoms in total. The summed E-state index contributed by atoms with van der Waals surface area (Å²) in [5.41, 5.74) is 2.11. The van der Waals surface area contributed by atoms with Gasteiger partial charge in [-0.15, -0.1) is 0 Å². The fraction of sp³-hybridized carbons (Fsp3) is 0.222. The molecule has 0 amide bonds. The van der Waals surface area contributed by atoms with Gasteiger partial charge in [0, 0.05) is 7.11 Å². The van der Waals surface area contributed by atoms with Crippen molar-refractivity contribution in [3.05, 3.63) is 66.2 Å². The maximum atomic E-state index is 5.88. The zero-order valence-corrected chi connectivity index (χ0v) is 12.2. The highest BCUT2D eigenvalue weighted by Crippen LogP contribution is 2.29. The van der Waals surface area contributed by atoms with Gasteiger partial charge in [0.2, 0.25) is 0 Å². The van der Waals surface area contributed by atoms with E-state index in [0.717, 1.165) is 11.1 Å². The Kier molecular flexibility index (Phi) is 5.85. The highest BCUT2D eigenvalue weighted by atomic mass is 16.5. The van der Waals surface area contributed by atoms with Crippen molar-refractivity contribution in [2.24, 2.45) is 0 Å². The number of rotatable bonds is 8. The molecule has 2 aromatic rings. The third kappa shape index (κ3) is 4.65. The highest BCUT2D eigenvalue weighted by molar-refractivity contribution is 5.54. The van der Waals surface area contributed by atoms with Gasteiger partial charge in [-0.2, -0.15) is 0 Å². The van der Waals surface area contributed by atoms with Crippen LogP contribution >= 0.6 is 0 Å². The van der Waals surface area contributed by atoms with Crippen molar-refractivity contribution in [3.63, 3.8) is 0 Å². The molecule has 21 heavy (non-hydrogen) atoms. The zero-order valence-electron chi connectivity index (χ0n) is 12.2. The lowest BCUT2D eigenvalue weighted by molar-refractivity contribution is 0.143. The molecular weight excluding hydrogens is 264 g/mol. The first kappa shape index (κ1) is 15.1. The summed E-state index contributed by atoms with van der Waals surface area (Å²) >= 11 is 0. The standard InChI is InChI=1S/C18H20O3/c1-3-15-9-10-17(20-12-11-19-2)18(13-15)21-14-16-7-5-4-6-8-16/h3-10,13H,1,11-12,14H2,2H3. The number of hydrogen-bond acceptors (Lipinski definition) is 3. The van der Waals surface area contributed by atoms with Crippen LogP contribution in [-0.4, -0.2) is 20.3 Å². The molecule has 0 unspecified atom stereocenters. The lowest BCUT2D eigenvalue weighted by atomic mass is 10.2. The Bertz CT molecular complexity index is 564. The molecule has 0 radical (unpaired) electrons. The predicted molar refractivity (Wildman–Crippen MR) is 84.7 cm³/mol. The molecule has 0 heterocycles. The summed E-state index contributed by atoms with van der Waals surface area (Å²) in [4.78, 5) is 0. The molecule has 0 bridgehead atoms. The molecule has 0 atom stereocenters. The van der Waals surface area contributed by atoms with Crippen LogP contribution < -0.4 is 9.47 Å². The fourth-order valence-corrected chi connectivity index (χ4v) is 1.85. The first-order valence-corrected chi connectivity index (χ1v) is 6.88. The van der Waals surface area contributed by atoms with Crippen molar-refractivity contribution in [1.82, 2.24) is 0 Å². The Balaban J connectivity index is 2.08. The molecule has 2 aromatic carbocycles. The maximum Gasteiger partial charge on any atom is 0.162 e. The molecule has 0 spiro atoms. The van der Waals surface area contributed by atoms with Gasteiger partial charge in [-0.3, -0.25) is 0 Å². The van der Waals surface area contributed by atoms with E-state index in [-0.39, 0.29) is 0 Å². The van der Waals surface area contributed by atoms with Gasteiger partial charge in [0.05, 0.1) is 6.61 Å². The second-order valence-electron chi connectivity index (χ2n) is 4.53. The number of hydrogen-bond donors (Lipinski definition) is 0. The van der Waals surface area contributed by atoms with Gasteiger partial charge >= 0.3 is 0 Å². The van der Waals surface area contributed by atoms with Crippen LogP contribution in [-0.2, 0) is 11.3 Å². The quantitative estimate of drug-likeness (QED) is 0.687. The van der Waals surface area contributed by atoms with E-state index in [9.17, 15) is 0 Å². The Morgan fingerprint density at radius 2 is 1.76 bits per heavy atom. The Morgan fingerprint density at radius 3 is 2.48 bits per heavy atom. The fourth-order valence-electron chi connectivity index (χ4n) is 1.85. The second kappa shape index (κ2) is 8.12. The van der Waals surface area contributed by atoms with Crippen molar-refractivity contribution < 1.29 is 14.2 Å². The lowest BCUT2D eigenvalue weighted by Crippen LogP contribution is -2.06. The molecule has 0 saturated carbocycles. The molecule has 0 aliphatic heterocycles. The number of benzene rings is 2. The third-order valence-electron chi connectivity index (χ3n) is 2.99. The van der Waals surface area contributed by atoms with Crippen LogP contribution in [0.15, 0.2) is 55.1 Å². The summed E-state index contributed by atoms with van der Waals surface area (Å²) in [7, 11) is 1.65. The van der Waals surface area contributed by atoms with Crippen molar-refractivity contribution >= 4 is 6.08 Å². The van der Waals surface area contributed by atoms with Gasteiger partial charge in [0.25, 0.3) is 0 Å². The minimum absolute atomic E-state index is 0.492. The molecule has 0 saturated heterocycles. The Labute approximate surface area is 125 Å². The van der Waals surface area contributed by atoms with Crippen molar-refractivity contribution in [2.45, 2.75) is 6.61 Å². The van der Waals surface area contributed by atoms with Crippen molar-refractivity contribution in [1.29, 1.82) is 0 Å². The first-order chi connectivity index (χ1) is 10.3. The van der Waals surface area contributed by atoms with Crippen LogP contribution in [0.5, 0.6) is 11.5 Å². The van der Waals surface area contributed by atoms with Crippen LogP contribution in [0.1, 0.15) is 11.1 Å². The normalized spacial score (nSPS) is 10.1. The molecule has 0 aliphatic rings. The smallest absolute Gasteiger partial charge is 0.162 e. The van der Waals surface area contributed by atoms with Crippen molar-refractivity contribution in [2.75, 3.05) is 20.3 Å². The summed E-state index contributed by atoms with van der Waals surface area (Å²) in [5.74, 6) is 1.43. The number of methoxy groups -OCH3 is 1. The lowest BCUT2D eigenvalue weighted by Gasteiger charge is -2.13. The summed E-state index contributed by atoms with van der Waals surface area (Å²) in [5, 5.41) is 0. The highest BCUT2D eigenvalue weighted by Gasteiger charge is 2.06. The van der Waals surface area contributed by atoms with Gasteiger partial charge in [-0.25, -0.2) is 0 Å². The van der Waals surface area contributed by atoms with Crippen molar-refractivity contribution in [3.8, 4) is 11.5 Å². The SMILES string of the molecule is C=Cc1ccc(OCCOC)c(OCc2ccccc2)c1. The minimum atomic E-state index is 0.492. The summed E-state index contributed by atoms with van der Waals surface area (Å²) < 4.78 is 16.6. The van der Waals surface area contributed by atoms with E-state index in [1.54, 1.807) is 13.2 Å². The Morgan fingerprint density at radius 1 is 0.952 bits per heavy atom. The molecular formula is C18H20O3. The van der Waals surface area contributed by atoms with E-state index in [4.69, 9.17) is 14.2 Å². The van der Waals surface area contributed by atoms with Gasteiger partial charge in [0.15, 0.2) is 11.5 Å². The third-order valence-corrected chi connectivity index (χ3v) is 2.99. The van der Waals surface area contributed by atoms with Gasteiger partial charge in [-0.1, -0.05) is 49.1 Å². The minimum Gasteiger partial charge on any atom is -0.487 e. The summed E-state index contributed by atoms with van der Waals surface area (Å²) in [6, 6.07) is 15.8. The molecule has 0 aliphatic carbocycles. The van der Waals surface area contributed by atoms with Crippen LogP contribution in [0.2, 0.25) is 0 Å². The summed E-state index contributed by atoms with van der Waals surface area (Å²) in [6.45, 7) is 5.32. The van der Waals surface area contributed by atoms with E-state index in [1.165, 1.54) is 0 Å². The molecule has 3 heteroatoms. The predicted octanol–water partition coefficient (Wildman–Crippen LogP) is 3.93. The largest absolute Gasteiger partial charge is 0.487 e. The number of ether oxygens (including phenoxy) is 3. The van der Waals surface area contributed by atoms with Gasteiger partial charge < -0.3 is 14.2 Å². The van der Waals surface area contributed by atoms with E-state index >= 15 is 0 Å². The Hall–Kier alpha value is -2.26. The van der Waals surface area contributed by atoms with Crippen LogP contribution in [0.3, 0.4) is 0 Å². The molecule has 0 aromatic heterocycles. The van der Waals surface area contributed by atoms with Gasteiger partial charge in [0.1, 0.15) is 13.2 Å². The molecule has 0 fully saturated rings. The zero-order chi connectivity index (χ0) is 14.9. The van der Waals surface area contributed by atoms with E-state index in [1.807, 2.05) is 48.5 Å². The van der Waals surface area contributed by atoms with E-state index in [2.05, 4.69) is 6.58 Å². The van der Waals surface area contributed by atoms with Crippen LogP contribution in [0.25, 0.3) is 6.08 Å². The maximum absolute atomic E-state index is 5.88.